The van der Waals surface area contributed by atoms with Gasteiger partial charge in [0.05, 0.1) is 6.04 Å². The van der Waals surface area contributed by atoms with Crippen molar-refractivity contribution in [2.24, 2.45) is 18.4 Å². The Kier molecular flexibility index (Phi) is 14.7. The van der Waals surface area contributed by atoms with Gasteiger partial charge in [-0.2, -0.15) is 0 Å². The van der Waals surface area contributed by atoms with Crippen molar-refractivity contribution in [3.05, 3.63) is 47.7 Å². The number of nitrogens with zero attached hydrogens (tertiary/aromatic N) is 3. The number of aryl methyl sites for hydroxylation is 1. The Hall–Kier alpha value is -4.88. The molecule has 4 atom stereocenters. The first kappa shape index (κ1) is 45.3. The van der Waals surface area contributed by atoms with Crippen molar-refractivity contribution in [2.45, 2.75) is 124 Å². The Morgan fingerprint density at radius 1 is 0.907 bits per heavy atom. The maximum atomic E-state index is 14.7. The van der Waals surface area contributed by atoms with Crippen LogP contribution in [0.2, 0.25) is 0 Å². The highest BCUT2D eigenvalue weighted by molar-refractivity contribution is 5.96. The number of amides is 4. The maximum absolute atomic E-state index is 14.7. The van der Waals surface area contributed by atoms with Gasteiger partial charge in [-0.05, 0) is 57.1 Å². The standard InChI is InChI=1S/C40H61N5O9/c1-23(2)29(21-24(3)33(48)41-27(36(51)52)19-20-30(46)47)44(13)35(50)31(38(4,5)6)42-34(49)32(45(14)37(53)54-39(7,8)9)40(10,11)26-22-43(12)28-18-16-15-17-25(26)28/h15-18,21-23,27,29,31-32H,19-20H2,1-14H3,(H,41,48)(H,42,49)(H,46,47)(H,51,52)/b24-21+/t27-,29-,31-,32-/m1/s1. The normalized spacial score (nSPS) is 14.8. The van der Waals surface area contributed by atoms with Gasteiger partial charge in [0.25, 0.3) is 0 Å². The second-order valence-electron chi connectivity index (χ2n) is 17.0. The van der Waals surface area contributed by atoms with E-state index >= 15 is 0 Å². The first-order valence-electron chi connectivity index (χ1n) is 18.1. The minimum absolute atomic E-state index is 0.127. The number of carboxylic acid groups (broad SMARTS) is 2. The van der Waals surface area contributed by atoms with Gasteiger partial charge in [-0.1, -0.05) is 72.7 Å². The van der Waals surface area contributed by atoms with Crippen molar-refractivity contribution in [3.63, 3.8) is 0 Å². The van der Waals surface area contributed by atoms with E-state index in [4.69, 9.17) is 9.84 Å². The van der Waals surface area contributed by atoms with Crippen molar-refractivity contribution < 1.29 is 43.7 Å². The molecule has 1 aromatic carbocycles. The number of fused-ring (bicyclic) bond motifs is 1. The number of benzene rings is 1. The number of rotatable bonds is 15. The maximum Gasteiger partial charge on any atom is 0.410 e. The summed E-state index contributed by atoms with van der Waals surface area (Å²) in [6, 6.07) is 3.45. The topological polar surface area (TPSA) is 188 Å². The Balaban J connectivity index is 2.58. The molecule has 0 spiro atoms. The van der Waals surface area contributed by atoms with Crippen LogP contribution in [0, 0.1) is 11.3 Å². The highest BCUT2D eigenvalue weighted by Gasteiger charge is 2.47. The Bertz CT molecular complexity index is 1750. The van der Waals surface area contributed by atoms with Gasteiger partial charge in [-0.25, -0.2) is 9.59 Å². The van der Waals surface area contributed by atoms with Crippen molar-refractivity contribution in [2.75, 3.05) is 14.1 Å². The van der Waals surface area contributed by atoms with Crippen molar-refractivity contribution in [1.29, 1.82) is 0 Å². The second kappa shape index (κ2) is 17.5. The van der Waals surface area contributed by atoms with Gasteiger partial charge in [0.15, 0.2) is 0 Å². The molecular weight excluding hydrogens is 694 g/mol. The number of carbonyl (C=O) groups is 6. The largest absolute Gasteiger partial charge is 0.481 e. The Morgan fingerprint density at radius 3 is 1.98 bits per heavy atom. The zero-order chi connectivity index (χ0) is 41.7. The number of likely N-dealkylation sites (N-methyl/N-ethyl adjacent to an activating group) is 2. The number of hydrogen-bond acceptors (Lipinski definition) is 7. The zero-order valence-electron chi connectivity index (χ0n) is 34.4. The van der Waals surface area contributed by atoms with E-state index in [1.165, 1.54) is 23.8 Å². The lowest BCUT2D eigenvalue weighted by Crippen LogP contribution is -2.63. The average molecular weight is 756 g/mol. The summed E-state index contributed by atoms with van der Waals surface area (Å²) >= 11 is 0. The van der Waals surface area contributed by atoms with Crippen LogP contribution in [-0.4, -0.2) is 104 Å². The Morgan fingerprint density at radius 2 is 1.48 bits per heavy atom. The second-order valence-corrected chi connectivity index (χ2v) is 17.0. The van der Waals surface area contributed by atoms with Gasteiger partial charge in [0, 0.05) is 55.7 Å². The van der Waals surface area contributed by atoms with Gasteiger partial charge in [-0.15, -0.1) is 0 Å². The lowest BCUT2D eigenvalue weighted by Gasteiger charge is -2.42. The van der Waals surface area contributed by atoms with Crippen LogP contribution in [0.4, 0.5) is 4.79 Å². The summed E-state index contributed by atoms with van der Waals surface area (Å²) < 4.78 is 7.68. The molecule has 0 radical (unpaired) electrons. The molecule has 2 rings (SSSR count). The van der Waals surface area contributed by atoms with Crippen molar-refractivity contribution in [3.8, 4) is 0 Å². The lowest BCUT2D eigenvalue weighted by molar-refractivity contribution is -0.142. The highest BCUT2D eigenvalue weighted by Crippen LogP contribution is 2.37. The van der Waals surface area contributed by atoms with Crippen molar-refractivity contribution >= 4 is 46.7 Å². The predicted molar refractivity (Wildman–Crippen MR) is 207 cm³/mol. The third-order valence-electron chi connectivity index (χ3n) is 9.50. The van der Waals surface area contributed by atoms with Gasteiger partial charge < -0.3 is 35.1 Å². The van der Waals surface area contributed by atoms with E-state index in [1.54, 1.807) is 33.9 Å². The molecule has 2 aromatic rings. The minimum Gasteiger partial charge on any atom is -0.481 e. The number of hydrogen-bond donors (Lipinski definition) is 4. The summed E-state index contributed by atoms with van der Waals surface area (Å²) in [4.78, 5) is 81.3. The van der Waals surface area contributed by atoms with Crippen LogP contribution in [0.3, 0.4) is 0 Å². The third kappa shape index (κ3) is 11.3. The highest BCUT2D eigenvalue weighted by atomic mass is 16.6. The predicted octanol–water partition coefficient (Wildman–Crippen LogP) is 5.09. The first-order chi connectivity index (χ1) is 24.6. The summed E-state index contributed by atoms with van der Waals surface area (Å²) in [6.45, 7) is 19.6. The van der Waals surface area contributed by atoms with Gasteiger partial charge in [0.2, 0.25) is 17.7 Å². The molecule has 1 aromatic heterocycles. The smallest absolute Gasteiger partial charge is 0.410 e. The summed E-state index contributed by atoms with van der Waals surface area (Å²) in [5.41, 5.74) is -0.777. The molecule has 0 bridgehead atoms. The molecule has 4 N–H and O–H groups in total. The number of ether oxygens (including phenoxy) is 1. The monoisotopic (exact) mass is 755 g/mol. The molecule has 14 heteroatoms. The molecule has 14 nitrogen and oxygen atoms in total. The SMILES string of the molecule is C/C(=C\[C@H](C(C)C)N(C)C(=O)[C@@H](NC(=O)[C@@H](N(C)C(=O)OC(C)(C)C)C(C)(C)c1cn(C)c2ccccc12)C(C)(C)C)C(=O)N[C@H](CCC(=O)O)C(=O)O. The first-order valence-corrected chi connectivity index (χ1v) is 18.1. The minimum atomic E-state index is -1.42. The van der Waals surface area contributed by atoms with Crippen LogP contribution in [-0.2, 0) is 41.2 Å². The fourth-order valence-electron chi connectivity index (χ4n) is 6.53. The molecule has 0 unspecified atom stereocenters. The van der Waals surface area contributed by atoms with Gasteiger partial charge in [0.1, 0.15) is 23.7 Å². The molecule has 300 valence electrons. The zero-order valence-corrected chi connectivity index (χ0v) is 34.4. The van der Waals surface area contributed by atoms with Crippen molar-refractivity contribution in [1.82, 2.24) is 25.0 Å². The summed E-state index contributed by atoms with van der Waals surface area (Å²) in [7, 11) is 4.99. The lowest BCUT2D eigenvalue weighted by atomic mass is 9.76. The van der Waals surface area contributed by atoms with E-state index in [0.29, 0.717) is 0 Å². The van der Waals surface area contributed by atoms with E-state index in [9.17, 15) is 33.9 Å². The number of nitrogens with one attached hydrogen (secondary N) is 2. The van der Waals surface area contributed by atoms with E-state index in [0.717, 1.165) is 16.5 Å². The van der Waals surface area contributed by atoms with Crippen LogP contribution >= 0.6 is 0 Å². The van der Waals surface area contributed by atoms with Gasteiger partial charge in [-0.3, -0.25) is 24.1 Å². The van der Waals surface area contributed by atoms with Crippen LogP contribution in [0.25, 0.3) is 10.9 Å². The molecule has 0 saturated carbocycles. The van der Waals surface area contributed by atoms with Crippen LogP contribution < -0.4 is 10.6 Å². The van der Waals surface area contributed by atoms with E-state index in [1.807, 2.05) is 90.5 Å². The van der Waals surface area contributed by atoms with E-state index in [2.05, 4.69) is 10.6 Å². The van der Waals surface area contributed by atoms with Crippen LogP contribution in [0.15, 0.2) is 42.1 Å². The van der Waals surface area contributed by atoms with Crippen LogP contribution in [0.5, 0.6) is 0 Å². The summed E-state index contributed by atoms with van der Waals surface area (Å²) in [5, 5.41) is 24.8. The number of para-hydroxylation sites is 1. The van der Waals surface area contributed by atoms with E-state index in [-0.39, 0.29) is 17.9 Å². The Labute approximate surface area is 319 Å². The molecule has 0 fully saturated rings. The summed E-state index contributed by atoms with van der Waals surface area (Å²) in [6.07, 6.45) is 2.04. The fourth-order valence-corrected chi connectivity index (χ4v) is 6.53. The van der Waals surface area contributed by atoms with Gasteiger partial charge >= 0.3 is 18.0 Å². The molecule has 54 heavy (non-hydrogen) atoms. The molecule has 4 amide bonds. The fraction of sp³-hybridized carbons (Fsp3) is 0.600. The molecule has 0 aliphatic carbocycles. The number of carbonyl (C=O) groups excluding carboxylic acids is 4. The quantitative estimate of drug-likeness (QED) is 0.180. The van der Waals surface area contributed by atoms with E-state index < -0.39 is 82.8 Å². The molecule has 1 heterocycles. The number of aromatic nitrogens is 1. The number of carboxylic acids is 2. The molecule has 0 aliphatic rings. The molecule has 0 saturated heterocycles. The summed E-state index contributed by atoms with van der Waals surface area (Å²) in [5.74, 6) is -4.53. The molecule has 0 aliphatic heterocycles. The average Bonchev–Trinajstić information content (AvgIpc) is 3.38. The molecular formula is C40H61N5O9. The number of aliphatic carboxylic acids is 2. The van der Waals surface area contributed by atoms with Crippen LogP contribution in [0.1, 0.15) is 94.6 Å². The third-order valence-corrected chi connectivity index (χ3v) is 9.50.